The largest absolute Gasteiger partial charge is 0.326 e. The average Bonchev–Trinajstić information content (AvgIpc) is 2.92. The van der Waals surface area contributed by atoms with E-state index in [4.69, 9.17) is 5.14 Å². The number of nitrogens with zero attached hydrogens (tertiary/aromatic N) is 3. The molecule has 4 aromatic rings. The molecule has 3 N–H and O–H groups in total. The quantitative estimate of drug-likeness (QED) is 0.535. The van der Waals surface area contributed by atoms with Crippen molar-refractivity contribution in [1.29, 1.82) is 0 Å². The summed E-state index contributed by atoms with van der Waals surface area (Å²) in [7, 11) is -4.27. The van der Waals surface area contributed by atoms with Crippen molar-refractivity contribution < 1.29 is 17.2 Å². The van der Waals surface area contributed by atoms with Crippen LogP contribution in [0.4, 0.5) is 8.78 Å². The molecule has 3 aromatic heterocycles. The lowest BCUT2D eigenvalue weighted by Gasteiger charge is -2.09. The maximum Gasteiger partial charge on any atom is 0.326 e. The molecule has 0 saturated heterocycles. The molecule has 28 heavy (non-hydrogen) atoms. The molecule has 0 bridgehead atoms. The van der Waals surface area contributed by atoms with E-state index in [1.165, 1.54) is 6.20 Å². The van der Waals surface area contributed by atoms with Crippen molar-refractivity contribution in [2.24, 2.45) is 5.14 Å². The number of aromatic amines is 1. The molecule has 0 spiro atoms. The van der Waals surface area contributed by atoms with Gasteiger partial charge in [-0.1, -0.05) is 0 Å². The average molecular weight is 405 g/mol. The molecule has 0 aliphatic heterocycles. The van der Waals surface area contributed by atoms with Crippen LogP contribution in [-0.4, -0.2) is 27.9 Å². The first-order valence-electron chi connectivity index (χ1n) is 8.01. The van der Waals surface area contributed by atoms with Crippen LogP contribution in [0.2, 0.25) is 0 Å². The van der Waals surface area contributed by atoms with E-state index in [1.807, 2.05) is 0 Å². The van der Waals surface area contributed by atoms with Crippen LogP contribution in [0.5, 0.6) is 0 Å². The number of hydrogen-bond acceptors (Lipinski definition) is 5. The number of aryl methyl sites for hydroxylation is 1. The fourth-order valence-electron chi connectivity index (χ4n) is 3.03. The molecule has 8 nitrogen and oxygen atoms in total. The number of sulfonamides is 1. The summed E-state index contributed by atoms with van der Waals surface area (Å²) in [5.74, 6) is -2.25. The van der Waals surface area contributed by atoms with Gasteiger partial charge in [0.2, 0.25) is 10.0 Å². The number of nitrogens with two attached hydrogens (primary N) is 1. The number of H-pyrrole nitrogens is 1. The van der Waals surface area contributed by atoms with Gasteiger partial charge in [-0.15, -0.1) is 0 Å². The molecule has 0 aliphatic carbocycles. The molecule has 0 unspecified atom stereocenters. The zero-order chi connectivity index (χ0) is 20.2. The van der Waals surface area contributed by atoms with E-state index < -0.39 is 44.4 Å². The number of nitrogens with one attached hydrogen (secondary N) is 1. The predicted molar refractivity (Wildman–Crippen MR) is 97.2 cm³/mol. The molecule has 4 rings (SSSR count). The molecule has 3 heterocycles. The van der Waals surface area contributed by atoms with Crippen LogP contribution < -0.4 is 10.8 Å². The van der Waals surface area contributed by atoms with Crippen LogP contribution in [0.3, 0.4) is 0 Å². The highest BCUT2D eigenvalue weighted by Crippen LogP contribution is 2.24. The third-order valence-corrected chi connectivity index (χ3v) is 5.25. The van der Waals surface area contributed by atoms with Crippen LogP contribution in [-0.2, 0) is 16.6 Å². The first-order valence-corrected chi connectivity index (χ1v) is 9.55. The van der Waals surface area contributed by atoms with Crippen molar-refractivity contribution in [3.05, 3.63) is 63.8 Å². The highest BCUT2D eigenvalue weighted by molar-refractivity contribution is 7.89. The van der Waals surface area contributed by atoms with Crippen LogP contribution in [0.25, 0.3) is 22.1 Å². The molecule has 0 aliphatic rings. The Kier molecular flexibility index (Phi) is 4.01. The third-order valence-electron chi connectivity index (χ3n) is 4.36. The van der Waals surface area contributed by atoms with Crippen LogP contribution >= 0.6 is 0 Å². The number of pyridine rings is 2. The monoisotopic (exact) mass is 405 g/mol. The van der Waals surface area contributed by atoms with Gasteiger partial charge in [0.25, 0.3) is 0 Å². The van der Waals surface area contributed by atoms with Crippen molar-refractivity contribution in [3.63, 3.8) is 0 Å². The normalized spacial score (nSPS) is 12.1. The van der Waals surface area contributed by atoms with Gasteiger partial charge in [-0.2, -0.15) is 0 Å². The van der Waals surface area contributed by atoms with Gasteiger partial charge in [0.15, 0.2) is 5.65 Å². The third kappa shape index (κ3) is 2.94. The van der Waals surface area contributed by atoms with Gasteiger partial charge in [-0.25, -0.2) is 37.1 Å². The summed E-state index contributed by atoms with van der Waals surface area (Å²) in [4.78, 5) is 22.8. The summed E-state index contributed by atoms with van der Waals surface area (Å²) in [6.07, 6.45) is 1.42. The summed E-state index contributed by atoms with van der Waals surface area (Å²) < 4.78 is 52.7. The molecule has 0 fully saturated rings. The van der Waals surface area contributed by atoms with Gasteiger partial charge in [0.05, 0.1) is 28.7 Å². The zero-order valence-electron chi connectivity index (χ0n) is 14.4. The van der Waals surface area contributed by atoms with Crippen LogP contribution in [0.15, 0.2) is 40.2 Å². The van der Waals surface area contributed by atoms with Gasteiger partial charge in [0.1, 0.15) is 11.6 Å². The predicted octanol–water partition coefficient (Wildman–Crippen LogP) is 1.56. The minimum Gasteiger partial charge on any atom is -0.304 e. The fraction of sp³-hybridized carbons (Fsp3) is 0.118. The van der Waals surface area contributed by atoms with E-state index in [0.717, 1.165) is 10.3 Å². The lowest BCUT2D eigenvalue weighted by molar-refractivity contribution is 0.535. The molecule has 1 aromatic carbocycles. The smallest absolute Gasteiger partial charge is 0.304 e. The Balaban J connectivity index is 1.94. The molecule has 0 amide bonds. The standard InChI is InChI=1S/C17H13F2N5O3S/c1-8-2-3-10-15-14(6-21-16(10)22-8)23-17(25)24(15)7-11-12(18)4-9(5-13(11)19)28(20,26)27/h2-6H,7H2,1H3,(H,23,25)(H2,20,26,27). The Morgan fingerprint density at radius 3 is 2.54 bits per heavy atom. The van der Waals surface area contributed by atoms with E-state index in [9.17, 15) is 22.0 Å². The molecular formula is C17H13F2N5O3S. The molecule has 0 saturated carbocycles. The number of benzene rings is 1. The van der Waals surface area contributed by atoms with E-state index >= 15 is 0 Å². The molecular weight excluding hydrogens is 392 g/mol. The SMILES string of the molecule is Cc1ccc2c(ncc3[nH]c(=O)n(Cc4c(F)cc(S(N)(=O)=O)cc4F)c32)n1. The topological polar surface area (TPSA) is 124 Å². The Bertz CT molecular complexity index is 1400. The number of hydrogen-bond donors (Lipinski definition) is 2. The van der Waals surface area contributed by atoms with Gasteiger partial charge in [0, 0.05) is 16.6 Å². The second-order valence-electron chi connectivity index (χ2n) is 6.27. The lowest BCUT2D eigenvalue weighted by Crippen LogP contribution is -2.20. The Morgan fingerprint density at radius 1 is 1.21 bits per heavy atom. The van der Waals surface area contributed by atoms with Gasteiger partial charge >= 0.3 is 5.69 Å². The zero-order valence-corrected chi connectivity index (χ0v) is 15.2. The number of imidazole rings is 1. The number of halogens is 2. The molecule has 0 radical (unpaired) electrons. The summed E-state index contributed by atoms with van der Waals surface area (Å²) in [6, 6.07) is 4.69. The first-order chi connectivity index (χ1) is 13.1. The highest BCUT2D eigenvalue weighted by Gasteiger charge is 2.20. The minimum atomic E-state index is -4.27. The fourth-order valence-corrected chi connectivity index (χ4v) is 3.56. The summed E-state index contributed by atoms with van der Waals surface area (Å²) in [5.41, 5.74) is 0.798. The molecule has 11 heteroatoms. The van der Waals surface area contributed by atoms with E-state index in [0.29, 0.717) is 34.2 Å². The van der Waals surface area contributed by atoms with Crippen molar-refractivity contribution in [1.82, 2.24) is 19.5 Å². The Hall–Kier alpha value is -3.18. The second kappa shape index (κ2) is 6.17. The number of primary sulfonamides is 1. The first kappa shape index (κ1) is 18.2. The van der Waals surface area contributed by atoms with Crippen molar-refractivity contribution >= 4 is 32.1 Å². The maximum absolute atomic E-state index is 14.4. The second-order valence-corrected chi connectivity index (χ2v) is 7.83. The van der Waals surface area contributed by atoms with Crippen molar-refractivity contribution in [2.45, 2.75) is 18.4 Å². The Labute approximate surface area is 156 Å². The minimum absolute atomic E-state index is 0.380. The van der Waals surface area contributed by atoms with Crippen LogP contribution in [0.1, 0.15) is 11.3 Å². The van der Waals surface area contributed by atoms with Gasteiger partial charge in [-0.05, 0) is 31.2 Å². The number of rotatable bonds is 3. The molecule has 144 valence electrons. The van der Waals surface area contributed by atoms with E-state index in [-0.39, 0.29) is 0 Å². The lowest BCUT2D eigenvalue weighted by atomic mass is 10.2. The van der Waals surface area contributed by atoms with Gasteiger partial charge in [-0.3, -0.25) is 4.57 Å². The number of fused-ring (bicyclic) bond motifs is 3. The van der Waals surface area contributed by atoms with Crippen molar-refractivity contribution in [3.8, 4) is 0 Å². The van der Waals surface area contributed by atoms with Gasteiger partial charge < -0.3 is 4.98 Å². The van der Waals surface area contributed by atoms with Crippen molar-refractivity contribution in [2.75, 3.05) is 0 Å². The van der Waals surface area contributed by atoms with E-state index in [2.05, 4.69) is 15.0 Å². The van der Waals surface area contributed by atoms with Crippen LogP contribution in [0, 0.1) is 18.6 Å². The summed E-state index contributed by atoms with van der Waals surface area (Å²) in [5, 5.41) is 5.45. The molecule has 0 atom stereocenters. The maximum atomic E-state index is 14.4. The van der Waals surface area contributed by atoms with E-state index in [1.54, 1.807) is 19.1 Å². The highest BCUT2D eigenvalue weighted by atomic mass is 32.2. The summed E-state index contributed by atoms with van der Waals surface area (Å²) in [6.45, 7) is 1.32. The Morgan fingerprint density at radius 2 is 1.89 bits per heavy atom. The summed E-state index contributed by atoms with van der Waals surface area (Å²) >= 11 is 0. The number of aromatic nitrogens is 4.